The van der Waals surface area contributed by atoms with Gasteiger partial charge < -0.3 is 10.8 Å². The van der Waals surface area contributed by atoms with Crippen LogP contribution in [0.15, 0.2) is 16.5 Å². The highest BCUT2D eigenvalue weighted by Crippen LogP contribution is 2.23. The monoisotopic (exact) mass is 199 g/mol. The van der Waals surface area contributed by atoms with Gasteiger partial charge in [0.2, 0.25) is 0 Å². The molecule has 82 valence electrons. The number of aliphatic hydroxyl groups is 1. The molecule has 0 saturated heterocycles. The molecular weight excluding hydrogens is 178 g/mol. The lowest BCUT2D eigenvalue weighted by Gasteiger charge is -2.20. The van der Waals surface area contributed by atoms with E-state index < -0.39 is 0 Å². The van der Waals surface area contributed by atoms with Gasteiger partial charge in [-0.15, -0.1) is 0 Å². The van der Waals surface area contributed by atoms with Gasteiger partial charge in [-0.3, -0.25) is 5.43 Å². The predicted octanol–water partition coefficient (Wildman–Crippen LogP) is 1.32. The van der Waals surface area contributed by atoms with E-state index in [1.807, 2.05) is 13.8 Å². The Morgan fingerprint density at radius 3 is 2.43 bits per heavy atom. The van der Waals surface area contributed by atoms with Crippen molar-refractivity contribution in [3.63, 3.8) is 0 Å². The molecule has 0 aliphatic heterocycles. The van der Waals surface area contributed by atoms with Gasteiger partial charge in [-0.2, -0.15) is 5.10 Å². The smallest absolute Gasteiger partial charge is 0.116 e. The van der Waals surface area contributed by atoms with Gasteiger partial charge in [0, 0.05) is 6.72 Å². The zero-order chi connectivity index (χ0) is 11.0. The van der Waals surface area contributed by atoms with Crippen molar-refractivity contribution in [2.45, 2.75) is 45.6 Å². The van der Waals surface area contributed by atoms with Crippen molar-refractivity contribution in [1.29, 1.82) is 0 Å². The van der Waals surface area contributed by atoms with Crippen molar-refractivity contribution >= 4 is 6.72 Å². The zero-order valence-corrected chi connectivity index (χ0v) is 9.08. The molecule has 1 rings (SSSR count). The highest BCUT2D eigenvalue weighted by Gasteiger charge is 2.15. The molecular formula is C10H21N3O. The summed E-state index contributed by atoms with van der Waals surface area (Å²) in [5, 5.41) is 12.7. The molecule has 0 unspecified atom stereocenters. The Morgan fingerprint density at radius 1 is 1.50 bits per heavy atom. The largest absolute Gasteiger partial charge is 0.393 e. The van der Waals surface area contributed by atoms with Crippen LogP contribution < -0.4 is 11.2 Å². The van der Waals surface area contributed by atoms with Gasteiger partial charge in [0.15, 0.2) is 0 Å². The molecule has 1 fully saturated rings. The Balaban J connectivity index is 0.000000791. The topological polar surface area (TPSA) is 70.6 Å². The lowest BCUT2D eigenvalue weighted by atomic mass is 9.93. The molecule has 0 heterocycles. The maximum absolute atomic E-state index is 9.22. The number of nitrogens with zero attached hydrogens (tertiary/aromatic N) is 1. The third-order valence-corrected chi connectivity index (χ3v) is 2.14. The van der Waals surface area contributed by atoms with Crippen LogP contribution in [0.5, 0.6) is 0 Å². The number of nitrogens with two attached hydrogens (primary N) is 1. The van der Waals surface area contributed by atoms with Gasteiger partial charge in [-0.25, -0.2) is 0 Å². The maximum atomic E-state index is 9.22. The normalized spacial score (nSPS) is 20.5. The van der Waals surface area contributed by atoms with Crippen LogP contribution in [0.4, 0.5) is 0 Å². The molecule has 0 atom stereocenters. The van der Waals surface area contributed by atoms with Gasteiger partial charge >= 0.3 is 0 Å². The lowest BCUT2D eigenvalue weighted by Crippen LogP contribution is -2.21. The second-order valence-corrected chi connectivity index (χ2v) is 3.02. The maximum Gasteiger partial charge on any atom is 0.116 e. The number of rotatable bonds is 2. The van der Waals surface area contributed by atoms with Crippen LogP contribution in [0.2, 0.25) is 0 Å². The summed E-state index contributed by atoms with van der Waals surface area (Å²) in [5.74, 6) is 0.594. The third-order valence-electron chi connectivity index (χ3n) is 2.14. The van der Waals surface area contributed by atoms with Crippen LogP contribution in [0.1, 0.15) is 39.5 Å². The Morgan fingerprint density at radius 2 is 2.00 bits per heavy atom. The number of nitrogens with one attached hydrogen (secondary N) is 1. The Bertz CT molecular complexity index is 192. The minimum atomic E-state index is -0.154. The zero-order valence-electron chi connectivity index (χ0n) is 9.08. The van der Waals surface area contributed by atoms with E-state index in [9.17, 15) is 5.11 Å². The molecule has 0 aromatic heterocycles. The van der Waals surface area contributed by atoms with E-state index in [0.717, 1.165) is 31.3 Å². The van der Waals surface area contributed by atoms with Crippen molar-refractivity contribution in [3.8, 4) is 0 Å². The molecule has 0 aromatic rings. The first-order valence-corrected chi connectivity index (χ1v) is 5.11. The van der Waals surface area contributed by atoms with Crippen LogP contribution in [-0.4, -0.2) is 17.9 Å². The average molecular weight is 199 g/mol. The van der Waals surface area contributed by atoms with E-state index in [4.69, 9.17) is 5.73 Å². The highest BCUT2D eigenvalue weighted by atomic mass is 16.3. The summed E-state index contributed by atoms with van der Waals surface area (Å²) in [5.41, 5.74) is 9.42. The molecule has 0 aromatic carbocycles. The number of aliphatic hydroxyl groups excluding tert-OH is 1. The van der Waals surface area contributed by atoms with Gasteiger partial charge in [0.1, 0.15) is 5.82 Å². The average Bonchev–Trinajstić information content (AvgIpc) is 2.22. The number of hydrogen-bond donors (Lipinski definition) is 3. The van der Waals surface area contributed by atoms with Crippen molar-refractivity contribution in [3.05, 3.63) is 11.4 Å². The van der Waals surface area contributed by atoms with Crippen molar-refractivity contribution < 1.29 is 5.11 Å². The summed E-state index contributed by atoms with van der Waals surface area (Å²) in [6.45, 7) is 7.29. The molecule has 4 nitrogen and oxygen atoms in total. The van der Waals surface area contributed by atoms with Crippen LogP contribution >= 0.6 is 0 Å². The Kier molecular flexibility index (Phi) is 6.84. The minimum absolute atomic E-state index is 0.154. The first-order chi connectivity index (χ1) is 6.74. The summed E-state index contributed by atoms with van der Waals surface area (Å²) in [6, 6.07) is 0. The molecule has 4 N–H and O–H groups in total. The molecule has 14 heavy (non-hydrogen) atoms. The van der Waals surface area contributed by atoms with Crippen LogP contribution in [0, 0.1) is 0 Å². The summed E-state index contributed by atoms with van der Waals surface area (Å²) < 4.78 is 0. The second kappa shape index (κ2) is 7.38. The molecule has 1 aliphatic carbocycles. The van der Waals surface area contributed by atoms with Crippen LogP contribution in [0.3, 0.4) is 0 Å². The van der Waals surface area contributed by atoms with Gasteiger partial charge in [-0.05, 0) is 31.3 Å². The van der Waals surface area contributed by atoms with Crippen LogP contribution in [-0.2, 0) is 0 Å². The molecule has 0 spiro atoms. The summed E-state index contributed by atoms with van der Waals surface area (Å²) in [6.07, 6.45) is 3.16. The van der Waals surface area contributed by atoms with Gasteiger partial charge in [-0.1, -0.05) is 13.8 Å². The summed E-state index contributed by atoms with van der Waals surface area (Å²) in [7, 11) is 0. The Hall–Kier alpha value is -1.03. The molecule has 0 radical (unpaired) electrons. The van der Waals surface area contributed by atoms with E-state index in [1.165, 1.54) is 0 Å². The highest BCUT2D eigenvalue weighted by molar-refractivity contribution is 5.23. The third kappa shape index (κ3) is 4.28. The molecule has 1 aliphatic rings. The SMILES string of the molecule is C=NNC(N)=C1CCC(O)CC1.CC. The first-order valence-electron chi connectivity index (χ1n) is 5.11. The number of hydrogen-bond acceptors (Lipinski definition) is 4. The summed E-state index contributed by atoms with van der Waals surface area (Å²) >= 11 is 0. The summed E-state index contributed by atoms with van der Waals surface area (Å²) in [4.78, 5) is 0. The van der Waals surface area contributed by atoms with Gasteiger partial charge in [0.05, 0.1) is 6.10 Å². The quantitative estimate of drug-likeness (QED) is 0.464. The standard InChI is InChI=1S/C8H15N3O.C2H6/c1-10-11-8(9)6-2-4-7(12)5-3-6;1-2/h7,11-12H,1-5,9H2;1-2H3. The Labute approximate surface area is 85.9 Å². The van der Waals surface area contributed by atoms with Crippen LogP contribution in [0.25, 0.3) is 0 Å². The fourth-order valence-electron chi connectivity index (χ4n) is 1.38. The predicted molar refractivity (Wildman–Crippen MR) is 59.7 cm³/mol. The van der Waals surface area contributed by atoms with Gasteiger partial charge in [0.25, 0.3) is 0 Å². The minimum Gasteiger partial charge on any atom is -0.393 e. The van der Waals surface area contributed by atoms with E-state index in [0.29, 0.717) is 5.82 Å². The number of allylic oxidation sites excluding steroid dienone is 1. The molecule has 0 amide bonds. The fourth-order valence-corrected chi connectivity index (χ4v) is 1.38. The van der Waals surface area contributed by atoms with E-state index in [2.05, 4.69) is 17.2 Å². The van der Waals surface area contributed by atoms with Crippen molar-refractivity contribution in [2.75, 3.05) is 0 Å². The number of hydrazone groups is 1. The van der Waals surface area contributed by atoms with E-state index in [1.54, 1.807) is 0 Å². The molecule has 1 saturated carbocycles. The van der Waals surface area contributed by atoms with E-state index >= 15 is 0 Å². The molecule has 0 bridgehead atoms. The lowest BCUT2D eigenvalue weighted by molar-refractivity contribution is 0.143. The molecule has 4 heteroatoms. The fraction of sp³-hybridized carbons (Fsp3) is 0.700. The first kappa shape index (κ1) is 13.0. The second-order valence-electron chi connectivity index (χ2n) is 3.02. The van der Waals surface area contributed by atoms with Crippen molar-refractivity contribution in [2.24, 2.45) is 10.8 Å². The van der Waals surface area contributed by atoms with E-state index in [-0.39, 0.29) is 6.10 Å². The van der Waals surface area contributed by atoms with Crippen molar-refractivity contribution in [1.82, 2.24) is 5.43 Å².